The molecule has 0 saturated heterocycles. The van der Waals surface area contributed by atoms with Crippen LogP contribution in [0.3, 0.4) is 0 Å². The average Bonchev–Trinajstić information content (AvgIpc) is 2.38. The third kappa shape index (κ3) is 11.6. The van der Waals surface area contributed by atoms with E-state index >= 15 is 0 Å². The zero-order chi connectivity index (χ0) is 13.6. The first-order valence-corrected chi connectivity index (χ1v) is 7.52. The van der Waals surface area contributed by atoms with E-state index in [1.54, 1.807) is 0 Å². The standard InChI is InChI=1S/C15H30N2O/c1-4-6-8-9-10-11-13-15(18)17-16-14(3)12-7-5-2/h4-13H2,1-3H3,(H,17,18). The van der Waals surface area contributed by atoms with E-state index in [1.165, 1.54) is 32.1 Å². The van der Waals surface area contributed by atoms with Gasteiger partial charge < -0.3 is 0 Å². The van der Waals surface area contributed by atoms with Crippen LogP contribution >= 0.6 is 0 Å². The summed E-state index contributed by atoms with van der Waals surface area (Å²) in [5.74, 6) is 0.0568. The molecule has 0 spiro atoms. The Morgan fingerprint density at radius 3 is 2.17 bits per heavy atom. The number of nitrogens with one attached hydrogen (secondary N) is 1. The van der Waals surface area contributed by atoms with Gasteiger partial charge in [0.05, 0.1) is 0 Å². The van der Waals surface area contributed by atoms with E-state index in [9.17, 15) is 4.79 Å². The van der Waals surface area contributed by atoms with Crippen LogP contribution in [0.25, 0.3) is 0 Å². The number of amides is 1. The predicted molar refractivity (Wildman–Crippen MR) is 78.8 cm³/mol. The summed E-state index contributed by atoms with van der Waals surface area (Å²) >= 11 is 0. The first kappa shape index (κ1) is 17.1. The van der Waals surface area contributed by atoms with E-state index in [4.69, 9.17) is 0 Å². The van der Waals surface area contributed by atoms with Gasteiger partial charge in [0.25, 0.3) is 0 Å². The molecule has 0 aromatic rings. The lowest BCUT2D eigenvalue weighted by atomic mass is 10.1. The van der Waals surface area contributed by atoms with Gasteiger partial charge in [-0.05, 0) is 26.2 Å². The van der Waals surface area contributed by atoms with Crippen molar-refractivity contribution in [3.05, 3.63) is 0 Å². The molecule has 0 aromatic heterocycles. The van der Waals surface area contributed by atoms with Gasteiger partial charge in [0.15, 0.2) is 0 Å². The molecule has 0 bridgehead atoms. The van der Waals surface area contributed by atoms with E-state index in [0.717, 1.165) is 31.4 Å². The van der Waals surface area contributed by atoms with E-state index in [1.807, 2.05) is 6.92 Å². The maximum absolute atomic E-state index is 11.5. The average molecular weight is 254 g/mol. The number of hydrazone groups is 1. The lowest BCUT2D eigenvalue weighted by Crippen LogP contribution is -2.18. The Hall–Kier alpha value is -0.860. The van der Waals surface area contributed by atoms with Gasteiger partial charge in [-0.3, -0.25) is 4.79 Å². The van der Waals surface area contributed by atoms with Gasteiger partial charge in [0, 0.05) is 12.1 Å². The van der Waals surface area contributed by atoms with Gasteiger partial charge in [-0.2, -0.15) is 5.10 Å². The maximum Gasteiger partial charge on any atom is 0.240 e. The molecule has 0 aromatic carbocycles. The smallest absolute Gasteiger partial charge is 0.240 e. The molecule has 0 rings (SSSR count). The van der Waals surface area contributed by atoms with E-state index < -0.39 is 0 Å². The highest BCUT2D eigenvalue weighted by Gasteiger charge is 2.00. The van der Waals surface area contributed by atoms with Crippen molar-refractivity contribution in [2.24, 2.45) is 5.10 Å². The minimum absolute atomic E-state index is 0.0568. The summed E-state index contributed by atoms with van der Waals surface area (Å²) in [5, 5.41) is 4.11. The van der Waals surface area contributed by atoms with Crippen LogP contribution in [-0.4, -0.2) is 11.6 Å². The lowest BCUT2D eigenvalue weighted by molar-refractivity contribution is -0.121. The number of carbonyl (C=O) groups excluding carboxylic acids is 1. The van der Waals surface area contributed by atoms with Crippen LogP contribution in [0.1, 0.15) is 85.0 Å². The number of nitrogens with zero attached hydrogens (tertiary/aromatic N) is 1. The molecule has 0 aliphatic carbocycles. The highest BCUT2D eigenvalue weighted by atomic mass is 16.2. The molecular formula is C15H30N2O. The summed E-state index contributed by atoms with van der Waals surface area (Å²) in [5.41, 5.74) is 3.66. The van der Waals surface area contributed by atoms with Crippen LogP contribution in [0.5, 0.6) is 0 Å². The molecule has 106 valence electrons. The molecule has 0 atom stereocenters. The summed E-state index contributed by atoms with van der Waals surface area (Å²) in [4.78, 5) is 11.5. The number of rotatable bonds is 11. The van der Waals surface area contributed by atoms with E-state index in [-0.39, 0.29) is 5.91 Å². The minimum Gasteiger partial charge on any atom is -0.273 e. The van der Waals surface area contributed by atoms with Crippen LogP contribution in [-0.2, 0) is 4.79 Å². The second-order valence-corrected chi connectivity index (χ2v) is 5.00. The topological polar surface area (TPSA) is 41.5 Å². The molecule has 0 saturated carbocycles. The quantitative estimate of drug-likeness (QED) is 0.331. The maximum atomic E-state index is 11.5. The molecule has 0 aliphatic heterocycles. The summed E-state index contributed by atoms with van der Waals surface area (Å²) in [6, 6.07) is 0. The van der Waals surface area contributed by atoms with Crippen molar-refractivity contribution in [3.8, 4) is 0 Å². The Kier molecular flexibility index (Phi) is 12.0. The summed E-state index contributed by atoms with van der Waals surface area (Å²) in [6.45, 7) is 6.34. The lowest BCUT2D eigenvalue weighted by Gasteiger charge is -2.02. The number of carbonyl (C=O) groups is 1. The van der Waals surface area contributed by atoms with Crippen molar-refractivity contribution in [1.82, 2.24) is 5.43 Å². The first-order valence-electron chi connectivity index (χ1n) is 7.52. The van der Waals surface area contributed by atoms with Crippen LogP contribution in [0.4, 0.5) is 0 Å². The van der Waals surface area contributed by atoms with Gasteiger partial charge in [-0.15, -0.1) is 0 Å². The van der Waals surface area contributed by atoms with Crippen molar-refractivity contribution >= 4 is 11.6 Å². The van der Waals surface area contributed by atoms with Crippen molar-refractivity contribution in [2.45, 2.75) is 85.0 Å². The van der Waals surface area contributed by atoms with Crippen molar-refractivity contribution in [2.75, 3.05) is 0 Å². The SMILES string of the molecule is CCCCCCCCC(=O)NN=C(C)CCCC. The minimum atomic E-state index is 0.0568. The molecule has 3 heteroatoms. The van der Waals surface area contributed by atoms with Crippen molar-refractivity contribution in [1.29, 1.82) is 0 Å². The van der Waals surface area contributed by atoms with Gasteiger partial charge in [-0.1, -0.05) is 52.4 Å². The van der Waals surface area contributed by atoms with Crippen LogP contribution < -0.4 is 5.43 Å². The van der Waals surface area contributed by atoms with Gasteiger partial charge in [-0.25, -0.2) is 5.43 Å². The predicted octanol–water partition coefficient (Wildman–Crippen LogP) is 4.42. The van der Waals surface area contributed by atoms with Gasteiger partial charge >= 0.3 is 0 Å². The Balaban J connectivity index is 3.47. The Morgan fingerprint density at radius 2 is 1.50 bits per heavy atom. The third-order valence-electron chi connectivity index (χ3n) is 3.02. The Labute approximate surface area is 112 Å². The Morgan fingerprint density at radius 1 is 0.889 bits per heavy atom. The van der Waals surface area contributed by atoms with Gasteiger partial charge in [0.1, 0.15) is 0 Å². The second kappa shape index (κ2) is 12.6. The van der Waals surface area contributed by atoms with E-state index in [2.05, 4.69) is 24.4 Å². The summed E-state index contributed by atoms with van der Waals surface area (Å²) in [6.07, 6.45) is 11.2. The van der Waals surface area contributed by atoms with Crippen LogP contribution in [0.2, 0.25) is 0 Å². The van der Waals surface area contributed by atoms with E-state index in [0.29, 0.717) is 6.42 Å². The molecule has 3 nitrogen and oxygen atoms in total. The fourth-order valence-corrected chi connectivity index (χ4v) is 1.77. The summed E-state index contributed by atoms with van der Waals surface area (Å²) in [7, 11) is 0. The number of unbranched alkanes of at least 4 members (excludes halogenated alkanes) is 6. The first-order chi connectivity index (χ1) is 8.70. The third-order valence-corrected chi connectivity index (χ3v) is 3.02. The molecular weight excluding hydrogens is 224 g/mol. The fourth-order valence-electron chi connectivity index (χ4n) is 1.77. The van der Waals surface area contributed by atoms with Crippen molar-refractivity contribution < 1.29 is 4.79 Å². The van der Waals surface area contributed by atoms with Crippen molar-refractivity contribution in [3.63, 3.8) is 0 Å². The Bertz CT molecular complexity index is 237. The van der Waals surface area contributed by atoms with Gasteiger partial charge in [0.2, 0.25) is 5.91 Å². The fraction of sp³-hybridized carbons (Fsp3) is 0.867. The molecule has 0 unspecified atom stereocenters. The molecule has 0 aliphatic rings. The second-order valence-electron chi connectivity index (χ2n) is 5.00. The number of hydrogen-bond donors (Lipinski definition) is 1. The molecule has 1 N–H and O–H groups in total. The summed E-state index contributed by atoms with van der Waals surface area (Å²) < 4.78 is 0. The number of hydrogen-bond acceptors (Lipinski definition) is 2. The van der Waals surface area contributed by atoms with Crippen LogP contribution in [0, 0.1) is 0 Å². The molecule has 0 heterocycles. The highest BCUT2D eigenvalue weighted by Crippen LogP contribution is 2.06. The normalized spacial score (nSPS) is 11.6. The zero-order valence-electron chi connectivity index (χ0n) is 12.4. The molecule has 0 fully saturated rings. The highest BCUT2D eigenvalue weighted by molar-refractivity contribution is 5.84. The van der Waals surface area contributed by atoms with Crippen LogP contribution in [0.15, 0.2) is 5.10 Å². The zero-order valence-corrected chi connectivity index (χ0v) is 12.4. The largest absolute Gasteiger partial charge is 0.273 e. The molecule has 18 heavy (non-hydrogen) atoms. The monoisotopic (exact) mass is 254 g/mol. The molecule has 1 amide bonds. The molecule has 0 radical (unpaired) electrons.